The van der Waals surface area contributed by atoms with E-state index in [1.165, 1.54) is 12.1 Å². The van der Waals surface area contributed by atoms with Crippen molar-refractivity contribution in [1.82, 2.24) is 19.7 Å². The molecule has 1 aliphatic rings. The van der Waals surface area contributed by atoms with E-state index in [0.29, 0.717) is 23.9 Å². The van der Waals surface area contributed by atoms with Crippen LogP contribution in [-0.2, 0) is 24.1 Å². The highest BCUT2D eigenvalue weighted by atomic mass is 19.4. The number of likely N-dealkylation sites (tertiary alicyclic amines) is 1. The van der Waals surface area contributed by atoms with Crippen molar-refractivity contribution in [3.8, 4) is 11.5 Å². The van der Waals surface area contributed by atoms with Gasteiger partial charge in [-0.05, 0) is 56.1 Å². The van der Waals surface area contributed by atoms with Gasteiger partial charge in [0.15, 0.2) is 0 Å². The van der Waals surface area contributed by atoms with Gasteiger partial charge in [0, 0.05) is 22.8 Å². The molecule has 3 heterocycles. The normalized spacial score (nSPS) is 15.4. The van der Waals surface area contributed by atoms with E-state index >= 15 is 0 Å². The number of halogens is 3. The number of hydrogen-bond acceptors (Lipinski definition) is 5. The summed E-state index contributed by atoms with van der Waals surface area (Å²) in [6, 6.07) is 12.1. The number of benzene rings is 2. The summed E-state index contributed by atoms with van der Waals surface area (Å²) in [5, 5.41) is 11.9. The predicted molar refractivity (Wildman–Crippen MR) is 129 cm³/mol. The molecule has 1 N–H and O–H groups in total. The summed E-state index contributed by atoms with van der Waals surface area (Å²) < 4.78 is 46.7. The first-order valence-electron chi connectivity index (χ1n) is 11.9. The third-order valence-electron chi connectivity index (χ3n) is 6.51. The zero-order valence-electron chi connectivity index (χ0n) is 19.8. The van der Waals surface area contributed by atoms with Gasteiger partial charge in [-0.25, -0.2) is 0 Å². The fourth-order valence-electron chi connectivity index (χ4n) is 4.51. The molecule has 0 atom stereocenters. The molecule has 0 aliphatic carbocycles. The number of nitrogens with zero attached hydrogens (tertiary/aromatic N) is 4. The van der Waals surface area contributed by atoms with Gasteiger partial charge in [-0.2, -0.15) is 13.2 Å². The van der Waals surface area contributed by atoms with Crippen LogP contribution in [0.2, 0.25) is 0 Å². The van der Waals surface area contributed by atoms with E-state index in [9.17, 15) is 18.0 Å². The fourth-order valence-corrected chi connectivity index (χ4v) is 4.51. The van der Waals surface area contributed by atoms with Crippen LogP contribution in [0.1, 0.15) is 31.2 Å². The van der Waals surface area contributed by atoms with Gasteiger partial charge in [0.2, 0.25) is 17.7 Å². The molecular formula is C26H26F3N5O2. The number of hydrogen-bond donors (Lipinski definition) is 1. The van der Waals surface area contributed by atoms with Crippen molar-refractivity contribution in [2.45, 2.75) is 39.0 Å². The van der Waals surface area contributed by atoms with Crippen molar-refractivity contribution in [2.24, 2.45) is 5.92 Å². The average molecular weight is 498 g/mol. The lowest BCUT2D eigenvalue weighted by Gasteiger charge is -2.28. The molecule has 0 unspecified atom stereocenters. The van der Waals surface area contributed by atoms with Crippen LogP contribution in [0, 0.1) is 5.92 Å². The summed E-state index contributed by atoms with van der Waals surface area (Å²) in [6.07, 6.45) is -0.425. The molecule has 4 aromatic rings. The predicted octanol–water partition coefficient (Wildman–Crippen LogP) is 5.58. The standard InChI is InChI=1S/C26H26F3N5O2/c1-17-9-11-33(12-10-17)16-24-31-32-25(36-24)21-14-34(22-8-3-2-7-20(21)22)15-23(35)30-19-6-4-5-18(13-19)26(27,28)29/h2-8,13-14,17H,9-12,15-16H2,1H3,(H,30,35). The molecule has 10 heteroatoms. The van der Waals surface area contributed by atoms with E-state index in [-0.39, 0.29) is 12.2 Å². The Hall–Kier alpha value is -3.66. The summed E-state index contributed by atoms with van der Waals surface area (Å²) in [6.45, 7) is 4.76. The van der Waals surface area contributed by atoms with Gasteiger partial charge in [-0.1, -0.05) is 31.2 Å². The Morgan fingerprint density at radius 1 is 1.11 bits per heavy atom. The van der Waals surface area contributed by atoms with E-state index in [4.69, 9.17) is 4.42 Å². The maximum Gasteiger partial charge on any atom is 0.416 e. The van der Waals surface area contributed by atoms with Crippen LogP contribution >= 0.6 is 0 Å². The Bertz CT molecular complexity index is 1370. The van der Waals surface area contributed by atoms with Crippen LogP contribution < -0.4 is 5.32 Å². The van der Waals surface area contributed by atoms with E-state index in [0.717, 1.165) is 54.9 Å². The number of amides is 1. The first kappa shape index (κ1) is 24.1. The number of para-hydroxylation sites is 1. The molecule has 7 nitrogen and oxygen atoms in total. The highest BCUT2D eigenvalue weighted by Gasteiger charge is 2.30. The lowest BCUT2D eigenvalue weighted by Crippen LogP contribution is -2.32. The van der Waals surface area contributed by atoms with E-state index in [1.54, 1.807) is 10.8 Å². The second-order valence-corrected chi connectivity index (χ2v) is 9.27. The molecule has 1 fully saturated rings. The smallest absolute Gasteiger partial charge is 0.416 e. The fraction of sp³-hybridized carbons (Fsp3) is 0.346. The van der Waals surface area contributed by atoms with Gasteiger partial charge in [0.25, 0.3) is 0 Å². The summed E-state index contributed by atoms with van der Waals surface area (Å²) in [4.78, 5) is 15.0. The number of alkyl halides is 3. The van der Waals surface area contributed by atoms with Gasteiger partial charge in [0.1, 0.15) is 6.54 Å². The molecule has 1 aliphatic heterocycles. The van der Waals surface area contributed by atoms with Gasteiger partial charge in [-0.15, -0.1) is 10.2 Å². The second-order valence-electron chi connectivity index (χ2n) is 9.27. The average Bonchev–Trinajstić information content (AvgIpc) is 3.45. The molecule has 36 heavy (non-hydrogen) atoms. The zero-order valence-corrected chi connectivity index (χ0v) is 19.8. The summed E-state index contributed by atoms with van der Waals surface area (Å²) in [7, 11) is 0. The molecule has 2 aromatic carbocycles. The van der Waals surface area contributed by atoms with Crippen molar-refractivity contribution in [2.75, 3.05) is 18.4 Å². The van der Waals surface area contributed by atoms with E-state index in [2.05, 4.69) is 27.3 Å². The number of carbonyl (C=O) groups excluding carboxylic acids is 1. The van der Waals surface area contributed by atoms with Crippen molar-refractivity contribution in [3.63, 3.8) is 0 Å². The maximum atomic E-state index is 13.0. The summed E-state index contributed by atoms with van der Waals surface area (Å²) in [5.41, 5.74) is 0.736. The topological polar surface area (TPSA) is 76.2 Å². The van der Waals surface area contributed by atoms with Gasteiger partial charge in [0.05, 0.1) is 17.7 Å². The lowest BCUT2D eigenvalue weighted by molar-refractivity contribution is -0.137. The minimum atomic E-state index is -4.48. The number of anilines is 1. The number of nitrogens with one attached hydrogen (secondary N) is 1. The monoisotopic (exact) mass is 497 g/mol. The van der Waals surface area contributed by atoms with Crippen LogP contribution in [0.25, 0.3) is 22.4 Å². The number of aromatic nitrogens is 3. The number of carbonyl (C=O) groups is 1. The van der Waals surface area contributed by atoms with Crippen molar-refractivity contribution in [1.29, 1.82) is 0 Å². The second kappa shape index (κ2) is 9.77. The van der Waals surface area contributed by atoms with Crippen LogP contribution in [0.15, 0.2) is 59.1 Å². The van der Waals surface area contributed by atoms with Crippen molar-refractivity contribution >= 4 is 22.5 Å². The molecule has 1 saturated heterocycles. The summed E-state index contributed by atoms with van der Waals surface area (Å²) >= 11 is 0. The largest absolute Gasteiger partial charge is 0.419 e. The molecule has 188 valence electrons. The van der Waals surface area contributed by atoms with Gasteiger partial charge >= 0.3 is 6.18 Å². The van der Waals surface area contributed by atoms with Crippen molar-refractivity contribution in [3.05, 3.63) is 66.2 Å². The molecule has 0 saturated carbocycles. The highest BCUT2D eigenvalue weighted by Crippen LogP contribution is 2.32. The molecule has 0 spiro atoms. The van der Waals surface area contributed by atoms with Crippen LogP contribution in [0.5, 0.6) is 0 Å². The maximum absolute atomic E-state index is 13.0. The van der Waals surface area contributed by atoms with Gasteiger partial charge < -0.3 is 14.3 Å². The minimum Gasteiger partial charge on any atom is -0.419 e. The molecule has 1 amide bonds. The molecule has 0 bridgehead atoms. The Morgan fingerprint density at radius 2 is 1.89 bits per heavy atom. The third-order valence-corrected chi connectivity index (χ3v) is 6.51. The minimum absolute atomic E-state index is 0.0835. The van der Waals surface area contributed by atoms with Crippen molar-refractivity contribution < 1.29 is 22.4 Å². The van der Waals surface area contributed by atoms with E-state index in [1.807, 2.05) is 24.3 Å². The first-order chi connectivity index (χ1) is 17.3. The SMILES string of the molecule is CC1CCN(Cc2nnc(-c3cn(CC(=O)Nc4cccc(C(F)(F)F)c4)c4ccccc34)o2)CC1. The molecule has 2 aromatic heterocycles. The Kier molecular flexibility index (Phi) is 6.53. The third kappa shape index (κ3) is 5.28. The number of piperidine rings is 1. The zero-order chi connectivity index (χ0) is 25.3. The Morgan fingerprint density at radius 3 is 2.67 bits per heavy atom. The number of fused-ring (bicyclic) bond motifs is 1. The highest BCUT2D eigenvalue weighted by molar-refractivity contribution is 5.96. The summed E-state index contributed by atoms with van der Waals surface area (Å²) in [5.74, 6) is 1.19. The van der Waals surface area contributed by atoms with E-state index < -0.39 is 17.6 Å². The Balaban J connectivity index is 1.34. The quantitative estimate of drug-likeness (QED) is 0.376. The molecular weight excluding hydrogens is 471 g/mol. The lowest BCUT2D eigenvalue weighted by atomic mass is 9.99. The van der Waals surface area contributed by atoms with Crippen LogP contribution in [0.4, 0.5) is 18.9 Å². The van der Waals surface area contributed by atoms with Crippen LogP contribution in [-0.4, -0.2) is 38.7 Å². The van der Waals surface area contributed by atoms with Crippen LogP contribution in [0.3, 0.4) is 0 Å². The van der Waals surface area contributed by atoms with Gasteiger partial charge in [-0.3, -0.25) is 9.69 Å². The Labute approximate surface area is 205 Å². The number of rotatable bonds is 6. The molecule has 5 rings (SSSR count). The molecule has 0 radical (unpaired) electrons. The first-order valence-corrected chi connectivity index (χ1v) is 11.9.